The Kier molecular flexibility index (Phi) is 7.99. The van der Waals surface area contributed by atoms with Crippen LogP contribution in [0.4, 0.5) is 5.69 Å². The second-order valence-corrected chi connectivity index (χ2v) is 10.9. The van der Waals surface area contributed by atoms with E-state index in [-0.39, 0.29) is 17.2 Å². The minimum absolute atomic E-state index is 0.0939. The topological polar surface area (TPSA) is 64.0 Å². The molecule has 0 saturated heterocycles. The summed E-state index contributed by atoms with van der Waals surface area (Å²) < 4.78 is 1.64. The number of benzene rings is 2. The van der Waals surface area contributed by atoms with Gasteiger partial charge < -0.3 is 5.32 Å². The van der Waals surface area contributed by atoms with Crippen LogP contribution in [0.3, 0.4) is 0 Å². The summed E-state index contributed by atoms with van der Waals surface area (Å²) in [6.45, 7) is 8.15. The number of halogens is 1. The Hall–Kier alpha value is -2.61. The zero-order valence-corrected chi connectivity index (χ0v) is 22.7. The minimum atomic E-state index is -0.189. The van der Waals surface area contributed by atoms with Gasteiger partial charge in [0.15, 0.2) is 5.16 Å². The Balaban J connectivity index is 1.70. The first-order valence-electron chi connectivity index (χ1n) is 11.7. The highest BCUT2D eigenvalue weighted by atomic mass is 35.5. The summed E-state index contributed by atoms with van der Waals surface area (Å²) in [6, 6.07) is 13.4. The molecule has 4 aromatic rings. The van der Waals surface area contributed by atoms with Gasteiger partial charge in [-0.3, -0.25) is 14.2 Å². The van der Waals surface area contributed by atoms with Crippen molar-refractivity contribution >= 4 is 56.5 Å². The fourth-order valence-corrected chi connectivity index (χ4v) is 6.19. The van der Waals surface area contributed by atoms with Gasteiger partial charge in [-0.25, -0.2) is 4.98 Å². The molecule has 182 valence electrons. The summed E-state index contributed by atoms with van der Waals surface area (Å²) >= 11 is 9.02. The van der Waals surface area contributed by atoms with Gasteiger partial charge in [-0.2, -0.15) is 0 Å². The van der Waals surface area contributed by atoms with E-state index >= 15 is 0 Å². The van der Waals surface area contributed by atoms with Crippen molar-refractivity contribution in [3.8, 4) is 5.69 Å². The smallest absolute Gasteiger partial charge is 0.267 e. The molecule has 2 aromatic heterocycles. The van der Waals surface area contributed by atoms with E-state index in [4.69, 9.17) is 16.6 Å². The number of aromatic nitrogens is 2. The Morgan fingerprint density at radius 1 is 1.14 bits per heavy atom. The van der Waals surface area contributed by atoms with E-state index in [0.717, 1.165) is 40.9 Å². The molecule has 2 aromatic carbocycles. The van der Waals surface area contributed by atoms with Crippen LogP contribution in [0.5, 0.6) is 0 Å². The van der Waals surface area contributed by atoms with Gasteiger partial charge >= 0.3 is 0 Å². The summed E-state index contributed by atoms with van der Waals surface area (Å²) in [5.74, 6) is -0.0750. The molecule has 0 bridgehead atoms. The number of amides is 1. The first kappa shape index (κ1) is 25.5. The maximum Gasteiger partial charge on any atom is 0.267 e. The third kappa shape index (κ3) is 5.47. The highest BCUT2D eigenvalue weighted by molar-refractivity contribution is 7.99. The highest BCUT2D eigenvalue weighted by Gasteiger charge is 2.20. The summed E-state index contributed by atoms with van der Waals surface area (Å²) in [6.07, 6.45) is 2.84. The van der Waals surface area contributed by atoms with E-state index in [0.29, 0.717) is 21.3 Å². The van der Waals surface area contributed by atoms with Crippen LogP contribution in [0.25, 0.3) is 15.9 Å². The van der Waals surface area contributed by atoms with E-state index < -0.39 is 0 Å². The van der Waals surface area contributed by atoms with E-state index in [1.165, 1.54) is 22.2 Å². The molecule has 0 unspecified atom stereocenters. The number of carbonyl (C=O) groups excluding carboxylic acids is 1. The normalized spacial score (nSPS) is 11.2. The average molecular weight is 526 g/mol. The standard InChI is InChI=1S/C27H28ClN3O2S2/c1-5-7-22-17(4)24-25(35-22)30-27(31(26(24)33)20-12-9-18(6-2)10-13-20)34-15-23(32)29-19-11-8-16(3)21(28)14-19/h8-14H,5-7,15H2,1-4H3,(H,29,32). The molecular weight excluding hydrogens is 498 g/mol. The zero-order valence-electron chi connectivity index (χ0n) is 20.3. The molecular formula is C27H28ClN3O2S2. The van der Waals surface area contributed by atoms with Gasteiger partial charge in [0, 0.05) is 15.6 Å². The molecule has 1 N–H and O–H groups in total. The number of anilines is 1. The van der Waals surface area contributed by atoms with Crippen LogP contribution in [-0.2, 0) is 17.6 Å². The number of nitrogens with zero attached hydrogens (tertiary/aromatic N) is 2. The predicted molar refractivity (Wildman–Crippen MR) is 149 cm³/mol. The second-order valence-electron chi connectivity index (χ2n) is 8.44. The molecule has 5 nitrogen and oxygen atoms in total. The maximum atomic E-state index is 13.7. The van der Waals surface area contributed by atoms with E-state index in [9.17, 15) is 9.59 Å². The van der Waals surface area contributed by atoms with Crippen LogP contribution in [0, 0.1) is 13.8 Å². The lowest BCUT2D eigenvalue weighted by atomic mass is 10.1. The minimum Gasteiger partial charge on any atom is -0.325 e. The predicted octanol–water partition coefficient (Wildman–Crippen LogP) is 6.96. The molecule has 0 aliphatic heterocycles. The molecule has 4 rings (SSSR count). The van der Waals surface area contributed by atoms with Crippen molar-refractivity contribution in [3.63, 3.8) is 0 Å². The molecule has 0 atom stereocenters. The lowest BCUT2D eigenvalue weighted by Crippen LogP contribution is -2.23. The molecule has 0 fully saturated rings. The monoisotopic (exact) mass is 525 g/mol. The van der Waals surface area contributed by atoms with Crippen LogP contribution in [-0.4, -0.2) is 21.2 Å². The number of thiophene rings is 1. The Labute approximate surface area is 218 Å². The Morgan fingerprint density at radius 3 is 2.54 bits per heavy atom. The number of thioether (sulfide) groups is 1. The Morgan fingerprint density at radius 2 is 1.89 bits per heavy atom. The molecule has 0 aliphatic carbocycles. The van der Waals surface area contributed by atoms with Crippen molar-refractivity contribution < 1.29 is 4.79 Å². The van der Waals surface area contributed by atoms with Crippen molar-refractivity contribution in [3.05, 3.63) is 79.4 Å². The van der Waals surface area contributed by atoms with Crippen molar-refractivity contribution in [1.29, 1.82) is 0 Å². The van der Waals surface area contributed by atoms with Crippen LogP contribution in [0.15, 0.2) is 52.4 Å². The largest absolute Gasteiger partial charge is 0.325 e. The number of carbonyl (C=O) groups is 1. The summed E-state index contributed by atoms with van der Waals surface area (Å²) in [5.41, 5.74) is 4.44. The molecule has 0 saturated carbocycles. The van der Waals surface area contributed by atoms with E-state index in [1.807, 2.05) is 50.2 Å². The van der Waals surface area contributed by atoms with Crippen LogP contribution < -0.4 is 10.9 Å². The maximum absolute atomic E-state index is 13.7. The highest BCUT2D eigenvalue weighted by Crippen LogP contribution is 2.31. The summed E-state index contributed by atoms with van der Waals surface area (Å²) in [7, 11) is 0. The number of aryl methyl sites for hydroxylation is 4. The van der Waals surface area contributed by atoms with E-state index in [2.05, 4.69) is 19.2 Å². The number of hydrogen-bond donors (Lipinski definition) is 1. The van der Waals surface area contributed by atoms with Crippen LogP contribution in [0.2, 0.25) is 5.02 Å². The molecule has 0 spiro atoms. The lowest BCUT2D eigenvalue weighted by Gasteiger charge is -2.13. The average Bonchev–Trinajstić information content (AvgIpc) is 3.16. The van der Waals surface area contributed by atoms with Crippen molar-refractivity contribution in [2.24, 2.45) is 0 Å². The van der Waals surface area contributed by atoms with Gasteiger partial charge in [0.1, 0.15) is 4.83 Å². The van der Waals surface area contributed by atoms with Gasteiger partial charge in [0.2, 0.25) is 5.91 Å². The third-order valence-electron chi connectivity index (χ3n) is 5.90. The molecule has 1 amide bonds. The van der Waals surface area contributed by atoms with Crippen LogP contribution in [0.1, 0.15) is 41.8 Å². The Bertz CT molecular complexity index is 1440. The van der Waals surface area contributed by atoms with Crippen molar-refractivity contribution in [2.75, 3.05) is 11.1 Å². The van der Waals surface area contributed by atoms with Gasteiger partial charge in [-0.15, -0.1) is 11.3 Å². The fourth-order valence-electron chi connectivity index (χ4n) is 3.88. The van der Waals surface area contributed by atoms with Crippen molar-refractivity contribution in [2.45, 2.75) is 52.1 Å². The fraction of sp³-hybridized carbons (Fsp3) is 0.296. The quantitative estimate of drug-likeness (QED) is 0.199. The van der Waals surface area contributed by atoms with Gasteiger partial charge in [-0.05, 0) is 67.6 Å². The molecule has 35 heavy (non-hydrogen) atoms. The second kappa shape index (κ2) is 11.0. The SMILES string of the molecule is CCCc1sc2nc(SCC(=O)Nc3ccc(C)c(Cl)c3)n(-c3ccc(CC)cc3)c(=O)c2c1C. The number of fused-ring (bicyclic) bond motifs is 1. The zero-order chi connectivity index (χ0) is 25.1. The molecule has 0 aliphatic rings. The number of nitrogens with one attached hydrogen (secondary N) is 1. The lowest BCUT2D eigenvalue weighted by molar-refractivity contribution is -0.113. The summed E-state index contributed by atoms with van der Waals surface area (Å²) in [5, 5.41) is 4.65. The van der Waals surface area contributed by atoms with Gasteiger partial charge in [0.05, 0.1) is 16.8 Å². The third-order valence-corrected chi connectivity index (χ3v) is 8.49. The number of rotatable bonds is 8. The van der Waals surface area contributed by atoms with Gasteiger partial charge in [-0.1, -0.05) is 61.8 Å². The summed E-state index contributed by atoms with van der Waals surface area (Å²) in [4.78, 5) is 33.3. The molecule has 0 radical (unpaired) electrons. The first-order chi connectivity index (χ1) is 16.8. The van der Waals surface area contributed by atoms with Crippen LogP contribution >= 0.6 is 34.7 Å². The van der Waals surface area contributed by atoms with E-state index in [1.54, 1.807) is 22.0 Å². The van der Waals surface area contributed by atoms with Gasteiger partial charge in [0.25, 0.3) is 5.56 Å². The molecule has 8 heteroatoms. The first-order valence-corrected chi connectivity index (χ1v) is 13.8. The molecule has 2 heterocycles. The number of hydrogen-bond acceptors (Lipinski definition) is 5. The van der Waals surface area contributed by atoms with Crippen molar-refractivity contribution in [1.82, 2.24) is 9.55 Å².